The number of hydrogen-bond donors (Lipinski definition) is 1. The summed E-state index contributed by atoms with van der Waals surface area (Å²) in [5, 5.41) is 0. The fraction of sp³-hybridized carbons (Fsp3) is 0.250. The number of oxazole rings is 1. The number of nitrogens with one attached hydrogen (secondary N) is 1. The Morgan fingerprint density at radius 3 is 2.48 bits per heavy atom. The Morgan fingerprint density at radius 2 is 1.84 bits per heavy atom. The Hall–Kier alpha value is -2.90. The van der Waals surface area contributed by atoms with Gasteiger partial charge in [-0.05, 0) is 47.5 Å². The standard InChI is InChI=1S/C24H23BrN2O4/c1-13-10-11-18(30-13)19(16-8-6-5-7-9-16)23-22(27-15(3)31-23)20-17(12-29-4)21(25)14(2)26-24(20)28/h5-11,19H,12H2,1-4H3,(H,26,28). The highest BCUT2D eigenvalue weighted by molar-refractivity contribution is 9.10. The molecule has 0 saturated heterocycles. The first-order chi connectivity index (χ1) is 14.9. The van der Waals surface area contributed by atoms with Crippen molar-refractivity contribution < 1.29 is 13.6 Å². The quantitative estimate of drug-likeness (QED) is 0.384. The Bertz CT molecular complexity index is 1270. The number of aromatic nitrogens is 2. The molecule has 4 aromatic rings. The van der Waals surface area contributed by atoms with E-state index in [0.29, 0.717) is 22.9 Å². The van der Waals surface area contributed by atoms with Crippen LogP contribution in [0.2, 0.25) is 0 Å². The number of rotatable bonds is 6. The van der Waals surface area contributed by atoms with Crippen molar-refractivity contribution in [3.63, 3.8) is 0 Å². The molecule has 0 aliphatic carbocycles. The van der Waals surface area contributed by atoms with Crippen LogP contribution in [-0.4, -0.2) is 17.1 Å². The van der Waals surface area contributed by atoms with Crippen LogP contribution in [0.25, 0.3) is 11.3 Å². The number of nitrogens with zero attached hydrogens (tertiary/aromatic N) is 1. The van der Waals surface area contributed by atoms with Crippen LogP contribution in [0.5, 0.6) is 0 Å². The van der Waals surface area contributed by atoms with Crippen molar-refractivity contribution in [3.05, 3.63) is 97.3 Å². The number of pyridine rings is 1. The molecule has 1 unspecified atom stereocenters. The van der Waals surface area contributed by atoms with Gasteiger partial charge in [-0.2, -0.15) is 0 Å². The van der Waals surface area contributed by atoms with Crippen LogP contribution in [-0.2, 0) is 11.3 Å². The minimum absolute atomic E-state index is 0.246. The number of hydrogen-bond acceptors (Lipinski definition) is 5. The highest BCUT2D eigenvalue weighted by Crippen LogP contribution is 2.40. The van der Waals surface area contributed by atoms with E-state index in [0.717, 1.165) is 32.8 Å². The van der Waals surface area contributed by atoms with Gasteiger partial charge in [-0.15, -0.1) is 0 Å². The number of ether oxygens (including phenoxy) is 1. The van der Waals surface area contributed by atoms with Gasteiger partial charge in [-0.3, -0.25) is 4.79 Å². The molecule has 4 rings (SSSR count). The third kappa shape index (κ3) is 4.03. The second kappa shape index (κ2) is 8.69. The third-order valence-corrected chi connectivity index (χ3v) is 6.22. The number of halogens is 1. The van der Waals surface area contributed by atoms with Gasteiger partial charge in [0.2, 0.25) is 0 Å². The van der Waals surface area contributed by atoms with Crippen LogP contribution in [0.15, 0.2) is 60.6 Å². The number of methoxy groups -OCH3 is 1. The van der Waals surface area contributed by atoms with Crippen molar-refractivity contribution in [2.75, 3.05) is 7.11 Å². The lowest BCUT2D eigenvalue weighted by Gasteiger charge is -2.16. The SMILES string of the molecule is COCc1c(Br)c(C)[nH]c(=O)c1-c1nc(C)oc1C(c1ccccc1)c1ccc(C)o1. The van der Waals surface area contributed by atoms with Gasteiger partial charge in [0.25, 0.3) is 5.56 Å². The summed E-state index contributed by atoms with van der Waals surface area (Å²) in [4.78, 5) is 20.6. The monoisotopic (exact) mass is 482 g/mol. The molecule has 6 nitrogen and oxygen atoms in total. The average Bonchev–Trinajstić information content (AvgIpc) is 3.33. The maximum Gasteiger partial charge on any atom is 0.258 e. The first kappa shape index (κ1) is 21.3. The molecule has 1 aromatic carbocycles. The van der Waals surface area contributed by atoms with Crippen LogP contribution >= 0.6 is 15.9 Å². The summed E-state index contributed by atoms with van der Waals surface area (Å²) in [6, 6.07) is 13.8. The van der Waals surface area contributed by atoms with Crippen LogP contribution in [0, 0.1) is 20.8 Å². The summed E-state index contributed by atoms with van der Waals surface area (Å²) >= 11 is 3.60. The number of aryl methyl sites for hydroxylation is 3. The zero-order chi connectivity index (χ0) is 22.1. The molecule has 1 N–H and O–H groups in total. The van der Waals surface area contributed by atoms with E-state index >= 15 is 0 Å². The zero-order valence-corrected chi connectivity index (χ0v) is 19.4. The molecule has 0 saturated carbocycles. The van der Waals surface area contributed by atoms with Crippen molar-refractivity contribution in [3.8, 4) is 11.3 Å². The molecular weight excluding hydrogens is 460 g/mol. The molecule has 31 heavy (non-hydrogen) atoms. The predicted octanol–water partition coefficient (Wildman–Crippen LogP) is 5.64. The smallest absolute Gasteiger partial charge is 0.258 e. The minimum Gasteiger partial charge on any atom is -0.465 e. The first-order valence-corrected chi connectivity index (χ1v) is 10.7. The topological polar surface area (TPSA) is 81.3 Å². The van der Waals surface area contributed by atoms with Gasteiger partial charge in [0, 0.05) is 29.8 Å². The number of H-pyrrole nitrogens is 1. The number of aromatic amines is 1. The Morgan fingerprint density at radius 1 is 1.10 bits per heavy atom. The third-order valence-electron chi connectivity index (χ3n) is 5.15. The maximum atomic E-state index is 13.1. The van der Waals surface area contributed by atoms with E-state index in [2.05, 4.69) is 25.9 Å². The maximum absolute atomic E-state index is 13.1. The predicted molar refractivity (Wildman–Crippen MR) is 121 cm³/mol. The Balaban J connectivity index is 2.01. The van der Waals surface area contributed by atoms with E-state index in [4.69, 9.17) is 13.6 Å². The van der Waals surface area contributed by atoms with Crippen molar-refractivity contribution in [1.82, 2.24) is 9.97 Å². The molecule has 3 heterocycles. The van der Waals surface area contributed by atoms with Crippen molar-refractivity contribution in [1.29, 1.82) is 0 Å². The van der Waals surface area contributed by atoms with Crippen LogP contribution < -0.4 is 5.56 Å². The highest BCUT2D eigenvalue weighted by atomic mass is 79.9. The molecule has 1 atom stereocenters. The lowest BCUT2D eigenvalue weighted by molar-refractivity contribution is 0.184. The molecule has 0 aliphatic rings. The molecule has 3 aromatic heterocycles. The highest BCUT2D eigenvalue weighted by Gasteiger charge is 2.31. The van der Waals surface area contributed by atoms with Gasteiger partial charge in [0.05, 0.1) is 12.2 Å². The number of furan rings is 1. The van der Waals surface area contributed by atoms with E-state index in [-0.39, 0.29) is 18.1 Å². The normalized spacial score (nSPS) is 12.3. The van der Waals surface area contributed by atoms with Gasteiger partial charge < -0.3 is 18.6 Å². The lowest BCUT2D eigenvalue weighted by Crippen LogP contribution is -2.17. The molecule has 0 radical (unpaired) electrons. The summed E-state index contributed by atoms with van der Waals surface area (Å²) in [7, 11) is 1.60. The van der Waals surface area contributed by atoms with Crippen molar-refractivity contribution >= 4 is 15.9 Å². The summed E-state index contributed by atoms with van der Waals surface area (Å²) in [6.45, 7) is 5.76. The molecule has 0 amide bonds. The van der Waals surface area contributed by atoms with Crippen LogP contribution in [0.4, 0.5) is 0 Å². The minimum atomic E-state index is -0.360. The van der Waals surface area contributed by atoms with E-state index in [1.54, 1.807) is 14.0 Å². The van der Waals surface area contributed by atoms with Gasteiger partial charge in [0.15, 0.2) is 5.89 Å². The average molecular weight is 483 g/mol. The molecule has 160 valence electrons. The van der Waals surface area contributed by atoms with Gasteiger partial charge >= 0.3 is 0 Å². The summed E-state index contributed by atoms with van der Waals surface area (Å²) in [6.07, 6.45) is 0. The molecular formula is C24H23BrN2O4. The van der Waals surface area contributed by atoms with Crippen LogP contribution in [0.1, 0.15) is 45.9 Å². The summed E-state index contributed by atoms with van der Waals surface area (Å²) in [5.41, 5.74) is 3.09. The van der Waals surface area contributed by atoms with Gasteiger partial charge in [-0.1, -0.05) is 30.3 Å². The summed E-state index contributed by atoms with van der Waals surface area (Å²) in [5.74, 6) is 2.17. The molecule has 0 spiro atoms. The molecule has 0 bridgehead atoms. The Labute approximate surface area is 188 Å². The van der Waals surface area contributed by atoms with Crippen molar-refractivity contribution in [2.24, 2.45) is 0 Å². The van der Waals surface area contributed by atoms with Gasteiger partial charge in [-0.25, -0.2) is 4.98 Å². The summed E-state index contributed by atoms with van der Waals surface area (Å²) < 4.78 is 18.3. The lowest BCUT2D eigenvalue weighted by atomic mass is 9.90. The van der Waals surface area contributed by atoms with E-state index < -0.39 is 0 Å². The Kier molecular flexibility index (Phi) is 5.98. The fourth-order valence-electron chi connectivity index (χ4n) is 3.81. The van der Waals surface area contributed by atoms with Gasteiger partial charge in [0.1, 0.15) is 28.9 Å². The largest absolute Gasteiger partial charge is 0.465 e. The molecule has 0 fully saturated rings. The second-order valence-corrected chi connectivity index (χ2v) is 8.21. The van der Waals surface area contributed by atoms with E-state index in [1.807, 2.05) is 56.3 Å². The zero-order valence-electron chi connectivity index (χ0n) is 17.8. The number of benzene rings is 1. The van der Waals surface area contributed by atoms with E-state index in [1.165, 1.54) is 0 Å². The first-order valence-electron chi connectivity index (χ1n) is 9.89. The van der Waals surface area contributed by atoms with E-state index in [9.17, 15) is 4.79 Å². The van der Waals surface area contributed by atoms with Crippen LogP contribution in [0.3, 0.4) is 0 Å². The fourth-order valence-corrected chi connectivity index (χ4v) is 4.22. The van der Waals surface area contributed by atoms with Crippen molar-refractivity contribution in [2.45, 2.75) is 33.3 Å². The molecule has 7 heteroatoms. The molecule has 0 aliphatic heterocycles. The second-order valence-electron chi connectivity index (χ2n) is 7.42.